The number of aliphatic hydroxyl groups excluding tert-OH is 1. The van der Waals surface area contributed by atoms with Crippen LogP contribution in [0.4, 0.5) is 0 Å². The first-order valence-corrected chi connectivity index (χ1v) is 6.45. The highest BCUT2D eigenvalue weighted by molar-refractivity contribution is 7.11. The second-order valence-corrected chi connectivity index (χ2v) is 5.08. The van der Waals surface area contributed by atoms with Crippen molar-refractivity contribution in [3.05, 3.63) is 16.1 Å². The summed E-state index contributed by atoms with van der Waals surface area (Å²) in [6.45, 7) is 1.99. The van der Waals surface area contributed by atoms with Gasteiger partial charge in [-0.15, -0.1) is 11.3 Å². The zero-order valence-corrected chi connectivity index (χ0v) is 10.1. The fourth-order valence-electron chi connectivity index (χ4n) is 1.63. The Balaban J connectivity index is 2.00. The van der Waals surface area contributed by atoms with Crippen LogP contribution in [0.15, 0.2) is 5.51 Å². The molecule has 1 aliphatic carbocycles. The summed E-state index contributed by atoms with van der Waals surface area (Å²) in [4.78, 5) is 16.9. The van der Waals surface area contributed by atoms with E-state index in [9.17, 15) is 4.79 Å². The van der Waals surface area contributed by atoms with Crippen LogP contribution in [-0.2, 0) is 0 Å². The molecule has 0 radical (unpaired) electrons. The zero-order chi connectivity index (χ0) is 11.5. The van der Waals surface area contributed by atoms with Crippen molar-refractivity contribution < 1.29 is 9.90 Å². The van der Waals surface area contributed by atoms with Crippen molar-refractivity contribution in [2.24, 2.45) is 0 Å². The van der Waals surface area contributed by atoms with Gasteiger partial charge in [0, 0.05) is 18.6 Å². The van der Waals surface area contributed by atoms with Gasteiger partial charge in [0.2, 0.25) is 0 Å². The first-order valence-electron chi connectivity index (χ1n) is 5.57. The Labute approximate surface area is 98.7 Å². The molecule has 0 bridgehead atoms. The SMILES string of the molecule is CC(CCO)NC(=O)c1scnc1C1CC1. The first kappa shape index (κ1) is 11.5. The summed E-state index contributed by atoms with van der Waals surface area (Å²) >= 11 is 1.40. The average molecular weight is 240 g/mol. The Morgan fingerprint density at radius 1 is 1.75 bits per heavy atom. The number of carbonyl (C=O) groups excluding carboxylic acids is 1. The first-order chi connectivity index (χ1) is 7.72. The largest absolute Gasteiger partial charge is 0.396 e. The molecule has 16 heavy (non-hydrogen) atoms. The third kappa shape index (κ3) is 2.59. The number of amides is 1. The van der Waals surface area contributed by atoms with Crippen molar-refractivity contribution in [1.82, 2.24) is 10.3 Å². The van der Waals surface area contributed by atoms with E-state index in [1.165, 1.54) is 11.3 Å². The number of carbonyl (C=O) groups is 1. The van der Waals surface area contributed by atoms with E-state index in [2.05, 4.69) is 10.3 Å². The van der Waals surface area contributed by atoms with E-state index in [4.69, 9.17) is 5.11 Å². The third-order valence-electron chi connectivity index (χ3n) is 2.70. The molecule has 2 N–H and O–H groups in total. The van der Waals surface area contributed by atoms with Gasteiger partial charge < -0.3 is 10.4 Å². The van der Waals surface area contributed by atoms with Gasteiger partial charge in [0.25, 0.3) is 5.91 Å². The predicted octanol–water partition coefficient (Wildman–Crippen LogP) is 1.52. The molecular formula is C11H16N2O2S. The highest BCUT2D eigenvalue weighted by Gasteiger charge is 2.30. The van der Waals surface area contributed by atoms with Crippen LogP contribution in [-0.4, -0.2) is 28.6 Å². The summed E-state index contributed by atoms with van der Waals surface area (Å²) in [6.07, 6.45) is 2.88. The second kappa shape index (κ2) is 4.93. The van der Waals surface area contributed by atoms with Crippen molar-refractivity contribution in [1.29, 1.82) is 0 Å². The third-order valence-corrected chi connectivity index (χ3v) is 3.55. The van der Waals surface area contributed by atoms with E-state index in [0.717, 1.165) is 23.4 Å². The van der Waals surface area contributed by atoms with E-state index in [1.54, 1.807) is 5.51 Å². The fraction of sp³-hybridized carbons (Fsp3) is 0.636. The lowest BCUT2D eigenvalue weighted by Crippen LogP contribution is -2.33. The van der Waals surface area contributed by atoms with Gasteiger partial charge in [-0.05, 0) is 26.2 Å². The number of thiazole rings is 1. The van der Waals surface area contributed by atoms with Gasteiger partial charge in [0.15, 0.2) is 0 Å². The maximum absolute atomic E-state index is 11.9. The second-order valence-electron chi connectivity index (χ2n) is 4.23. The molecule has 1 saturated carbocycles. The molecule has 1 amide bonds. The van der Waals surface area contributed by atoms with Crippen LogP contribution in [0.2, 0.25) is 0 Å². The van der Waals surface area contributed by atoms with Crippen molar-refractivity contribution in [3.8, 4) is 0 Å². The fourth-order valence-corrected chi connectivity index (χ4v) is 2.41. The van der Waals surface area contributed by atoms with Gasteiger partial charge in [-0.2, -0.15) is 0 Å². The molecule has 4 nitrogen and oxygen atoms in total. The number of nitrogens with zero attached hydrogens (tertiary/aromatic N) is 1. The maximum atomic E-state index is 11.9. The molecule has 0 aromatic carbocycles. The lowest BCUT2D eigenvalue weighted by Gasteiger charge is -2.11. The Bertz CT molecular complexity index is 374. The molecule has 1 aliphatic rings. The number of aromatic nitrogens is 1. The van der Waals surface area contributed by atoms with Crippen LogP contribution in [0.5, 0.6) is 0 Å². The molecule has 0 saturated heterocycles. The Morgan fingerprint density at radius 3 is 3.12 bits per heavy atom. The van der Waals surface area contributed by atoms with Crippen LogP contribution in [0.25, 0.3) is 0 Å². The minimum Gasteiger partial charge on any atom is -0.396 e. The molecule has 2 rings (SSSR count). The van der Waals surface area contributed by atoms with Crippen LogP contribution in [0.3, 0.4) is 0 Å². The zero-order valence-electron chi connectivity index (χ0n) is 9.27. The highest BCUT2D eigenvalue weighted by Crippen LogP contribution is 2.41. The molecule has 1 heterocycles. The summed E-state index contributed by atoms with van der Waals surface area (Å²) in [5, 5.41) is 11.6. The number of aliphatic hydroxyl groups is 1. The summed E-state index contributed by atoms with van der Waals surface area (Å²) in [6, 6.07) is 0.00616. The van der Waals surface area contributed by atoms with Gasteiger partial charge >= 0.3 is 0 Å². The van der Waals surface area contributed by atoms with Crippen molar-refractivity contribution in [2.45, 2.75) is 38.1 Å². The maximum Gasteiger partial charge on any atom is 0.263 e. The average Bonchev–Trinajstić information content (AvgIpc) is 2.96. The molecule has 1 fully saturated rings. The van der Waals surface area contributed by atoms with Crippen molar-refractivity contribution in [2.75, 3.05) is 6.61 Å². The molecule has 1 aromatic heterocycles. The topological polar surface area (TPSA) is 62.2 Å². The van der Waals surface area contributed by atoms with Crippen LogP contribution >= 0.6 is 11.3 Å². The van der Waals surface area contributed by atoms with Gasteiger partial charge in [0.1, 0.15) is 4.88 Å². The molecule has 1 atom stereocenters. The summed E-state index contributed by atoms with van der Waals surface area (Å²) in [7, 11) is 0. The van der Waals surface area contributed by atoms with Crippen molar-refractivity contribution in [3.63, 3.8) is 0 Å². The van der Waals surface area contributed by atoms with E-state index in [0.29, 0.717) is 12.3 Å². The Morgan fingerprint density at radius 2 is 2.50 bits per heavy atom. The minimum absolute atomic E-state index is 0.00616. The smallest absolute Gasteiger partial charge is 0.263 e. The van der Waals surface area contributed by atoms with Crippen LogP contribution in [0.1, 0.15) is 47.5 Å². The van der Waals surface area contributed by atoms with E-state index >= 15 is 0 Å². The predicted molar refractivity (Wildman–Crippen MR) is 62.7 cm³/mol. The van der Waals surface area contributed by atoms with E-state index in [-0.39, 0.29) is 18.6 Å². The Hall–Kier alpha value is -0.940. The molecule has 0 aliphatic heterocycles. The summed E-state index contributed by atoms with van der Waals surface area (Å²) in [5.74, 6) is 0.450. The monoisotopic (exact) mass is 240 g/mol. The number of nitrogens with one attached hydrogen (secondary N) is 1. The highest BCUT2D eigenvalue weighted by atomic mass is 32.1. The quantitative estimate of drug-likeness (QED) is 0.820. The normalized spacial score (nSPS) is 17.1. The molecule has 1 aromatic rings. The standard InChI is InChI=1S/C11H16N2O2S/c1-7(4-5-14)13-11(15)10-9(8-2-3-8)12-6-16-10/h6-8,14H,2-5H2,1H3,(H,13,15). The molecule has 88 valence electrons. The molecule has 5 heteroatoms. The lowest BCUT2D eigenvalue weighted by atomic mass is 10.2. The van der Waals surface area contributed by atoms with Gasteiger partial charge in [-0.1, -0.05) is 0 Å². The molecule has 0 spiro atoms. The van der Waals surface area contributed by atoms with Gasteiger partial charge in [-0.3, -0.25) is 4.79 Å². The van der Waals surface area contributed by atoms with E-state index in [1.807, 2.05) is 6.92 Å². The van der Waals surface area contributed by atoms with E-state index < -0.39 is 0 Å². The number of hydrogen-bond acceptors (Lipinski definition) is 4. The van der Waals surface area contributed by atoms with Crippen LogP contribution < -0.4 is 5.32 Å². The molecule has 1 unspecified atom stereocenters. The Kier molecular flexibility index (Phi) is 3.56. The molecular weight excluding hydrogens is 224 g/mol. The minimum atomic E-state index is -0.0506. The number of hydrogen-bond donors (Lipinski definition) is 2. The summed E-state index contributed by atoms with van der Waals surface area (Å²) < 4.78 is 0. The van der Waals surface area contributed by atoms with Crippen LogP contribution in [0, 0.1) is 0 Å². The number of rotatable bonds is 5. The van der Waals surface area contributed by atoms with Gasteiger partial charge in [0.05, 0.1) is 11.2 Å². The van der Waals surface area contributed by atoms with Crippen molar-refractivity contribution >= 4 is 17.2 Å². The lowest BCUT2D eigenvalue weighted by molar-refractivity contribution is 0.0937. The summed E-state index contributed by atoms with van der Waals surface area (Å²) in [5.41, 5.74) is 2.69. The van der Waals surface area contributed by atoms with Gasteiger partial charge in [-0.25, -0.2) is 4.98 Å².